The quantitative estimate of drug-likeness (QED) is 0.851. The van der Waals surface area contributed by atoms with E-state index in [-0.39, 0.29) is 10.6 Å². The summed E-state index contributed by atoms with van der Waals surface area (Å²) in [5.41, 5.74) is -0.315. The van der Waals surface area contributed by atoms with Crippen LogP contribution in [0.3, 0.4) is 0 Å². The number of hydrogen-bond donors (Lipinski definition) is 2. The summed E-state index contributed by atoms with van der Waals surface area (Å²) in [6.07, 6.45) is 0. The van der Waals surface area contributed by atoms with Crippen LogP contribution in [0.1, 0.15) is 0 Å². The second kappa shape index (κ2) is 4.85. The molecule has 0 aliphatic heterocycles. The molecule has 0 amide bonds. The van der Waals surface area contributed by atoms with Gasteiger partial charge in [0.1, 0.15) is 17.4 Å². The molecule has 7 heteroatoms. The summed E-state index contributed by atoms with van der Waals surface area (Å²) in [7, 11) is -4.09. The van der Waals surface area contributed by atoms with Gasteiger partial charge in [0.2, 0.25) is 0 Å². The van der Waals surface area contributed by atoms with Gasteiger partial charge >= 0.3 is 0 Å². The summed E-state index contributed by atoms with van der Waals surface area (Å²) < 4.78 is 51.8. The number of benzene rings is 2. The van der Waals surface area contributed by atoms with Crippen LogP contribution in [-0.2, 0) is 10.0 Å². The molecular weight excluding hydrogens is 276 g/mol. The lowest BCUT2D eigenvalue weighted by molar-refractivity contribution is 0.475. The number of nitrogens with one attached hydrogen (secondary N) is 1. The molecule has 0 fully saturated rings. The van der Waals surface area contributed by atoms with Crippen molar-refractivity contribution in [1.29, 1.82) is 0 Å². The second-order valence-corrected chi connectivity index (χ2v) is 5.41. The Kier molecular flexibility index (Phi) is 3.39. The van der Waals surface area contributed by atoms with E-state index in [1.54, 1.807) is 0 Å². The number of anilines is 1. The van der Waals surface area contributed by atoms with Gasteiger partial charge in [0, 0.05) is 6.07 Å². The number of aromatic hydroxyl groups is 1. The Bertz CT molecular complexity index is 717. The van der Waals surface area contributed by atoms with Crippen LogP contribution >= 0.6 is 0 Å². The van der Waals surface area contributed by atoms with E-state index in [1.807, 2.05) is 4.72 Å². The molecule has 0 heterocycles. The van der Waals surface area contributed by atoms with Crippen molar-refractivity contribution in [2.75, 3.05) is 4.72 Å². The topological polar surface area (TPSA) is 66.4 Å². The van der Waals surface area contributed by atoms with Crippen LogP contribution < -0.4 is 4.72 Å². The van der Waals surface area contributed by atoms with Gasteiger partial charge in [-0.25, -0.2) is 17.2 Å². The summed E-state index contributed by atoms with van der Waals surface area (Å²) >= 11 is 0. The molecule has 100 valence electrons. The zero-order chi connectivity index (χ0) is 14.0. The molecular formula is C12H9F2NO3S. The SMILES string of the molecule is O=S(=O)(Nc1cc(F)ccc1O)c1cccc(F)c1. The van der Waals surface area contributed by atoms with E-state index in [2.05, 4.69) is 0 Å². The number of hydrogen-bond acceptors (Lipinski definition) is 3. The van der Waals surface area contributed by atoms with Crippen LogP contribution in [0.15, 0.2) is 47.4 Å². The molecule has 0 saturated heterocycles. The number of phenols is 1. The van der Waals surface area contributed by atoms with Crippen molar-refractivity contribution in [3.8, 4) is 5.75 Å². The second-order valence-electron chi connectivity index (χ2n) is 3.72. The molecule has 0 radical (unpaired) electrons. The van der Waals surface area contributed by atoms with E-state index >= 15 is 0 Å². The van der Waals surface area contributed by atoms with Crippen LogP contribution in [0, 0.1) is 11.6 Å². The molecule has 0 saturated carbocycles. The van der Waals surface area contributed by atoms with Gasteiger partial charge < -0.3 is 5.11 Å². The van der Waals surface area contributed by atoms with Crippen molar-refractivity contribution in [2.45, 2.75) is 4.90 Å². The van der Waals surface area contributed by atoms with Gasteiger partial charge in [-0.2, -0.15) is 0 Å². The van der Waals surface area contributed by atoms with E-state index in [1.165, 1.54) is 12.1 Å². The minimum Gasteiger partial charge on any atom is -0.506 e. The first-order chi connectivity index (χ1) is 8.88. The molecule has 2 N–H and O–H groups in total. The zero-order valence-corrected chi connectivity index (χ0v) is 10.3. The Morgan fingerprint density at radius 2 is 1.68 bits per heavy atom. The third-order valence-corrected chi connectivity index (χ3v) is 3.67. The van der Waals surface area contributed by atoms with Crippen molar-refractivity contribution < 1.29 is 22.3 Å². The Balaban J connectivity index is 2.39. The Labute approximate surface area is 108 Å². The molecule has 0 aromatic heterocycles. The molecule has 19 heavy (non-hydrogen) atoms. The number of rotatable bonds is 3. The first-order valence-electron chi connectivity index (χ1n) is 5.15. The predicted octanol–water partition coefficient (Wildman–Crippen LogP) is 2.47. The predicted molar refractivity (Wildman–Crippen MR) is 65.3 cm³/mol. The summed E-state index contributed by atoms with van der Waals surface area (Å²) in [5, 5.41) is 9.43. The number of phenolic OH excluding ortho intramolecular Hbond substituents is 1. The van der Waals surface area contributed by atoms with Gasteiger partial charge in [-0.3, -0.25) is 4.72 Å². The Morgan fingerprint density at radius 1 is 1.00 bits per heavy atom. The molecule has 0 spiro atoms. The monoisotopic (exact) mass is 285 g/mol. The van der Waals surface area contributed by atoms with E-state index in [9.17, 15) is 22.3 Å². The molecule has 4 nitrogen and oxygen atoms in total. The van der Waals surface area contributed by atoms with Crippen molar-refractivity contribution in [1.82, 2.24) is 0 Å². The maximum Gasteiger partial charge on any atom is 0.262 e. The van der Waals surface area contributed by atoms with Gasteiger partial charge in [-0.1, -0.05) is 6.07 Å². The normalized spacial score (nSPS) is 11.3. The van der Waals surface area contributed by atoms with Crippen molar-refractivity contribution >= 4 is 15.7 Å². The summed E-state index contributed by atoms with van der Waals surface area (Å²) in [4.78, 5) is -0.323. The first kappa shape index (κ1) is 13.3. The minimum atomic E-state index is -4.09. The summed E-state index contributed by atoms with van der Waals surface area (Å²) in [6, 6.07) is 7.15. The van der Waals surface area contributed by atoms with Gasteiger partial charge in [-0.05, 0) is 30.3 Å². The van der Waals surface area contributed by atoms with Crippen molar-refractivity contribution in [3.63, 3.8) is 0 Å². The standard InChI is InChI=1S/C12H9F2NO3S/c13-8-2-1-3-10(6-8)19(17,18)15-11-7-9(14)4-5-12(11)16/h1-7,15-16H. The van der Waals surface area contributed by atoms with E-state index in [0.29, 0.717) is 0 Å². The molecule has 2 aromatic rings. The molecule has 0 atom stereocenters. The highest BCUT2D eigenvalue weighted by molar-refractivity contribution is 7.92. The smallest absolute Gasteiger partial charge is 0.262 e. The van der Waals surface area contributed by atoms with E-state index in [0.717, 1.165) is 30.3 Å². The Hall–Kier alpha value is -2.15. The highest BCUT2D eigenvalue weighted by Crippen LogP contribution is 2.26. The first-order valence-corrected chi connectivity index (χ1v) is 6.64. The lowest BCUT2D eigenvalue weighted by Gasteiger charge is -2.09. The minimum absolute atomic E-state index is 0.315. The van der Waals surface area contributed by atoms with E-state index in [4.69, 9.17) is 0 Å². The summed E-state index contributed by atoms with van der Waals surface area (Å²) in [6.45, 7) is 0. The third kappa shape index (κ3) is 3.00. The molecule has 0 aliphatic rings. The lowest BCUT2D eigenvalue weighted by Crippen LogP contribution is -2.13. The highest BCUT2D eigenvalue weighted by atomic mass is 32.2. The van der Waals surface area contributed by atoms with Gasteiger partial charge in [-0.15, -0.1) is 0 Å². The zero-order valence-electron chi connectivity index (χ0n) is 9.47. The van der Waals surface area contributed by atoms with Gasteiger partial charge in [0.25, 0.3) is 10.0 Å². The maximum atomic E-state index is 13.0. The summed E-state index contributed by atoms with van der Waals surface area (Å²) in [5.74, 6) is -1.86. The third-order valence-electron chi connectivity index (χ3n) is 2.31. The van der Waals surface area contributed by atoms with Crippen molar-refractivity contribution in [3.05, 3.63) is 54.1 Å². The number of halogens is 2. The molecule has 2 rings (SSSR count). The highest BCUT2D eigenvalue weighted by Gasteiger charge is 2.17. The lowest BCUT2D eigenvalue weighted by atomic mass is 10.3. The van der Waals surface area contributed by atoms with Crippen LogP contribution in [0.2, 0.25) is 0 Å². The van der Waals surface area contributed by atoms with Crippen LogP contribution in [0.4, 0.5) is 14.5 Å². The molecule has 0 bridgehead atoms. The van der Waals surface area contributed by atoms with Gasteiger partial charge in [0.05, 0.1) is 10.6 Å². The van der Waals surface area contributed by atoms with Gasteiger partial charge in [0.15, 0.2) is 0 Å². The maximum absolute atomic E-state index is 13.0. The average molecular weight is 285 g/mol. The van der Waals surface area contributed by atoms with E-state index < -0.39 is 27.4 Å². The Morgan fingerprint density at radius 3 is 2.37 bits per heavy atom. The fourth-order valence-electron chi connectivity index (χ4n) is 1.43. The van der Waals surface area contributed by atoms with Crippen LogP contribution in [-0.4, -0.2) is 13.5 Å². The number of sulfonamides is 1. The van der Waals surface area contributed by atoms with Crippen LogP contribution in [0.5, 0.6) is 5.75 Å². The molecule has 0 unspecified atom stereocenters. The molecule has 0 aliphatic carbocycles. The fourth-order valence-corrected chi connectivity index (χ4v) is 2.52. The fraction of sp³-hybridized carbons (Fsp3) is 0. The van der Waals surface area contributed by atoms with Crippen LogP contribution in [0.25, 0.3) is 0 Å². The van der Waals surface area contributed by atoms with Crippen molar-refractivity contribution in [2.24, 2.45) is 0 Å². The average Bonchev–Trinajstić information content (AvgIpc) is 2.33. The molecule has 2 aromatic carbocycles. The largest absolute Gasteiger partial charge is 0.506 e.